The standard InChI is InChI=1S/C32H39N9O/c1-4-32(31(42)38-22(2)3)9-13-39(14-10-32)29-6-5-23(17-35-29)28-15-24(20-41-30(28)25(16-33)18-37-41)26-19-36-40(21-26)27-7-11-34-12-8-27/h5-6,15,17-22,27,34H,4,7-14H2,1-3H3,(H,38,42). The number of carbonyl (C=O) groups excluding carboxylic acids is 1. The van der Waals surface area contributed by atoms with Gasteiger partial charge in [-0.3, -0.25) is 9.48 Å². The fraction of sp³-hybridized carbons (Fsp3) is 0.469. The third kappa shape index (κ3) is 5.25. The van der Waals surface area contributed by atoms with E-state index < -0.39 is 0 Å². The topological polar surface area (TPSA) is 116 Å². The molecule has 0 atom stereocenters. The van der Waals surface area contributed by atoms with E-state index in [1.807, 2.05) is 38.5 Å². The highest BCUT2D eigenvalue weighted by Gasteiger charge is 2.40. The molecule has 10 heteroatoms. The molecule has 0 bridgehead atoms. The van der Waals surface area contributed by atoms with Crippen LogP contribution < -0.4 is 15.5 Å². The van der Waals surface area contributed by atoms with Crippen molar-refractivity contribution in [1.82, 2.24) is 35.0 Å². The summed E-state index contributed by atoms with van der Waals surface area (Å²) in [5, 5.41) is 25.6. The lowest BCUT2D eigenvalue weighted by atomic mass is 9.75. The van der Waals surface area contributed by atoms with Gasteiger partial charge < -0.3 is 15.5 Å². The predicted octanol–water partition coefficient (Wildman–Crippen LogP) is 4.58. The van der Waals surface area contributed by atoms with Crippen LogP contribution in [0.1, 0.15) is 64.5 Å². The van der Waals surface area contributed by atoms with Gasteiger partial charge in [0.2, 0.25) is 5.91 Å². The van der Waals surface area contributed by atoms with Crippen LogP contribution in [0.15, 0.2) is 49.2 Å². The smallest absolute Gasteiger partial charge is 0.226 e. The van der Waals surface area contributed by atoms with Crippen LogP contribution in [-0.4, -0.2) is 62.5 Å². The van der Waals surface area contributed by atoms with Gasteiger partial charge in [-0.25, -0.2) is 9.50 Å². The minimum atomic E-state index is -0.315. The van der Waals surface area contributed by atoms with Gasteiger partial charge >= 0.3 is 0 Å². The molecular weight excluding hydrogens is 526 g/mol. The van der Waals surface area contributed by atoms with E-state index >= 15 is 0 Å². The van der Waals surface area contributed by atoms with Crippen LogP contribution >= 0.6 is 0 Å². The van der Waals surface area contributed by atoms with Crippen molar-refractivity contribution < 1.29 is 4.79 Å². The van der Waals surface area contributed by atoms with Gasteiger partial charge in [0.25, 0.3) is 0 Å². The summed E-state index contributed by atoms with van der Waals surface area (Å²) in [6.45, 7) is 9.72. The maximum atomic E-state index is 13.0. The molecule has 0 unspecified atom stereocenters. The van der Waals surface area contributed by atoms with E-state index in [4.69, 9.17) is 4.98 Å². The van der Waals surface area contributed by atoms with Gasteiger partial charge in [0, 0.05) is 60.0 Å². The number of amides is 1. The largest absolute Gasteiger partial charge is 0.357 e. The molecule has 2 N–H and O–H groups in total. The van der Waals surface area contributed by atoms with Crippen molar-refractivity contribution in [3.63, 3.8) is 0 Å². The number of nitrogens with one attached hydrogen (secondary N) is 2. The first-order chi connectivity index (χ1) is 20.4. The van der Waals surface area contributed by atoms with Crippen molar-refractivity contribution in [2.75, 3.05) is 31.1 Å². The molecular formula is C32H39N9O. The van der Waals surface area contributed by atoms with E-state index in [-0.39, 0.29) is 17.4 Å². The third-order valence-electron chi connectivity index (χ3n) is 9.03. The van der Waals surface area contributed by atoms with Gasteiger partial charge in [-0.1, -0.05) is 6.92 Å². The number of hydrogen-bond donors (Lipinski definition) is 2. The van der Waals surface area contributed by atoms with Crippen LogP contribution in [0.4, 0.5) is 5.82 Å². The number of piperidine rings is 2. The van der Waals surface area contributed by atoms with Crippen LogP contribution in [0.2, 0.25) is 0 Å². The molecule has 2 aliphatic heterocycles. The molecule has 1 amide bonds. The highest BCUT2D eigenvalue weighted by molar-refractivity contribution is 5.87. The van der Waals surface area contributed by atoms with Crippen molar-refractivity contribution >= 4 is 17.2 Å². The number of nitrogens with zero attached hydrogens (tertiary/aromatic N) is 7. The lowest BCUT2D eigenvalue weighted by molar-refractivity contribution is -0.133. The Morgan fingerprint density at radius 1 is 1.10 bits per heavy atom. The number of hydrogen-bond acceptors (Lipinski definition) is 7. The molecule has 0 radical (unpaired) electrons. The maximum absolute atomic E-state index is 13.0. The number of nitriles is 1. The SMILES string of the molecule is CCC1(C(=O)NC(C)C)CCN(c2ccc(-c3cc(-c4cnn(C5CCNCC5)c4)cn4ncc(C#N)c34)cn2)CC1. The predicted molar refractivity (Wildman–Crippen MR) is 163 cm³/mol. The molecule has 6 heterocycles. The Hall–Kier alpha value is -4.23. The monoisotopic (exact) mass is 565 g/mol. The van der Waals surface area contributed by atoms with E-state index in [9.17, 15) is 10.1 Å². The first-order valence-corrected chi connectivity index (χ1v) is 15.1. The molecule has 4 aromatic heterocycles. The van der Waals surface area contributed by atoms with Gasteiger partial charge in [-0.05, 0) is 77.2 Å². The molecule has 218 valence electrons. The molecule has 6 rings (SSSR count). The summed E-state index contributed by atoms with van der Waals surface area (Å²) in [4.78, 5) is 20.1. The highest BCUT2D eigenvalue weighted by atomic mass is 16.2. The van der Waals surface area contributed by atoms with E-state index in [0.717, 1.165) is 91.9 Å². The van der Waals surface area contributed by atoms with Crippen LogP contribution in [0.3, 0.4) is 0 Å². The molecule has 2 fully saturated rings. The van der Waals surface area contributed by atoms with E-state index in [0.29, 0.717) is 11.6 Å². The van der Waals surface area contributed by atoms with Gasteiger partial charge in [-0.15, -0.1) is 0 Å². The Morgan fingerprint density at radius 2 is 1.88 bits per heavy atom. The summed E-state index contributed by atoms with van der Waals surface area (Å²) in [7, 11) is 0. The van der Waals surface area contributed by atoms with Gasteiger partial charge in [0.05, 0.1) is 34.9 Å². The summed E-state index contributed by atoms with van der Waals surface area (Å²) < 4.78 is 3.87. The Morgan fingerprint density at radius 3 is 2.55 bits per heavy atom. The van der Waals surface area contributed by atoms with Gasteiger partial charge in [0.15, 0.2) is 0 Å². The third-order valence-corrected chi connectivity index (χ3v) is 9.03. The Kier molecular flexibility index (Phi) is 7.69. The Labute approximate surface area is 246 Å². The van der Waals surface area contributed by atoms with Crippen molar-refractivity contribution in [3.05, 3.63) is 54.7 Å². The normalized spacial score (nSPS) is 17.5. The summed E-state index contributed by atoms with van der Waals surface area (Å²) in [5.74, 6) is 1.07. The number of rotatable bonds is 7. The second-order valence-electron chi connectivity index (χ2n) is 12.0. The van der Waals surface area contributed by atoms with Crippen molar-refractivity contribution in [2.45, 2.75) is 65.0 Å². The second kappa shape index (κ2) is 11.6. The molecule has 42 heavy (non-hydrogen) atoms. The van der Waals surface area contributed by atoms with Crippen molar-refractivity contribution in [1.29, 1.82) is 5.26 Å². The molecule has 4 aromatic rings. The molecule has 0 aliphatic carbocycles. The zero-order chi connectivity index (χ0) is 29.3. The second-order valence-corrected chi connectivity index (χ2v) is 12.0. The van der Waals surface area contributed by atoms with E-state index in [1.165, 1.54) is 0 Å². The number of pyridine rings is 2. The van der Waals surface area contributed by atoms with Gasteiger partial charge in [-0.2, -0.15) is 15.5 Å². The Balaban J connectivity index is 1.27. The lowest BCUT2D eigenvalue weighted by Crippen LogP contribution is -2.50. The lowest BCUT2D eigenvalue weighted by Gasteiger charge is -2.41. The van der Waals surface area contributed by atoms with Crippen LogP contribution in [0.5, 0.6) is 0 Å². The zero-order valence-electron chi connectivity index (χ0n) is 24.7. The number of fused-ring (bicyclic) bond motifs is 1. The fourth-order valence-electron chi connectivity index (χ4n) is 6.39. The first kappa shape index (κ1) is 27.9. The average Bonchev–Trinajstić information content (AvgIpc) is 3.69. The quantitative estimate of drug-likeness (QED) is 0.337. The Bertz CT molecular complexity index is 1600. The highest BCUT2D eigenvalue weighted by Crippen LogP contribution is 2.37. The van der Waals surface area contributed by atoms with E-state index in [2.05, 4.69) is 61.7 Å². The number of anilines is 1. The minimum absolute atomic E-state index is 0.140. The van der Waals surface area contributed by atoms with Crippen molar-refractivity contribution in [2.24, 2.45) is 5.41 Å². The molecule has 10 nitrogen and oxygen atoms in total. The molecule has 0 aromatic carbocycles. The van der Waals surface area contributed by atoms with E-state index in [1.54, 1.807) is 10.7 Å². The summed E-state index contributed by atoms with van der Waals surface area (Å²) >= 11 is 0. The van der Waals surface area contributed by atoms with Crippen molar-refractivity contribution in [3.8, 4) is 28.3 Å². The summed E-state index contributed by atoms with van der Waals surface area (Å²) in [5.41, 5.74) is 4.81. The molecule has 0 spiro atoms. The minimum Gasteiger partial charge on any atom is -0.357 e. The first-order valence-electron chi connectivity index (χ1n) is 15.1. The number of carbonyl (C=O) groups is 1. The molecule has 2 saturated heterocycles. The van der Waals surface area contributed by atoms with Crippen LogP contribution in [0.25, 0.3) is 27.8 Å². The van der Waals surface area contributed by atoms with Crippen LogP contribution in [0, 0.1) is 16.7 Å². The summed E-state index contributed by atoms with van der Waals surface area (Å²) in [6, 6.07) is 9.06. The van der Waals surface area contributed by atoms with Gasteiger partial charge in [0.1, 0.15) is 11.9 Å². The maximum Gasteiger partial charge on any atom is 0.226 e. The average molecular weight is 566 g/mol. The summed E-state index contributed by atoms with van der Waals surface area (Å²) in [6.07, 6.45) is 14.1. The molecule has 0 saturated carbocycles. The fourth-order valence-corrected chi connectivity index (χ4v) is 6.39. The molecule has 2 aliphatic rings. The zero-order valence-corrected chi connectivity index (χ0v) is 24.7. The van der Waals surface area contributed by atoms with Crippen LogP contribution in [-0.2, 0) is 4.79 Å². The number of aromatic nitrogens is 5.